The minimum Gasteiger partial charge on any atom is -0.395 e. The molecule has 0 radical (unpaired) electrons. The molecule has 0 bridgehead atoms. The largest absolute Gasteiger partial charge is 0.395 e. The Morgan fingerprint density at radius 1 is 1.35 bits per heavy atom. The Hall–Kier alpha value is -0.950. The number of nitrogens with one attached hydrogen (secondary N) is 1. The summed E-state index contributed by atoms with van der Waals surface area (Å²) in [6, 6.07) is 7.41. The predicted octanol–water partition coefficient (Wildman–Crippen LogP) is 1.18. The third kappa shape index (κ3) is 3.58. The first-order valence-electron chi connectivity index (χ1n) is 6.96. The van der Waals surface area contributed by atoms with Crippen molar-refractivity contribution in [1.82, 2.24) is 9.03 Å². The van der Waals surface area contributed by atoms with Crippen molar-refractivity contribution in [3.05, 3.63) is 35.4 Å². The van der Waals surface area contributed by atoms with Gasteiger partial charge >= 0.3 is 0 Å². The van der Waals surface area contributed by atoms with Gasteiger partial charge in [-0.25, -0.2) is 0 Å². The molecule has 0 amide bonds. The molecule has 1 aliphatic rings. The van der Waals surface area contributed by atoms with Crippen LogP contribution < -0.4 is 4.72 Å². The van der Waals surface area contributed by atoms with E-state index < -0.39 is 10.2 Å². The Morgan fingerprint density at radius 2 is 2.10 bits per heavy atom. The highest BCUT2D eigenvalue weighted by Gasteiger charge is 2.31. The maximum absolute atomic E-state index is 12.3. The zero-order valence-electron chi connectivity index (χ0n) is 11.7. The Kier molecular flexibility index (Phi) is 5.15. The van der Waals surface area contributed by atoms with Gasteiger partial charge in [0.2, 0.25) is 0 Å². The standard InChI is InChI=1S/C14H22N2O3S/c1-12-6-2-3-7-13(12)10-15-20(18,19)16-9-5-4-8-14(16)11-17/h2-3,6-7,14-15,17H,4-5,8-11H2,1H3. The Morgan fingerprint density at radius 3 is 2.80 bits per heavy atom. The highest BCUT2D eigenvalue weighted by Crippen LogP contribution is 2.19. The molecule has 0 saturated carbocycles. The smallest absolute Gasteiger partial charge is 0.280 e. The molecule has 1 aliphatic heterocycles. The van der Waals surface area contributed by atoms with Gasteiger partial charge in [-0.05, 0) is 30.9 Å². The van der Waals surface area contributed by atoms with Gasteiger partial charge in [0.15, 0.2) is 0 Å². The van der Waals surface area contributed by atoms with E-state index in [1.165, 1.54) is 4.31 Å². The summed E-state index contributed by atoms with van der Waals surface area (Å²) in [5.41, 5.74) is 2.03. The lowest BCUT2D eigenvalue weighted by atomic mass is 10.1. The van der Waals surface area contributed by atoms with E-state index in [1.54, 1.807) is 0 Å². The second kappa shape index (κ2) is 6.67. The van der Waals surface area contributed by atoms with Crippen molar-refractivity contribution in [3.63, 3.8) is 0 Å². The molecule has 6 heteroatoms. The lowest BCUT2D eigenvalue weighted by Gasteiger charge is -2.33. The fourth-order valence-electron chi connectivity index (χ4n) is 2.53. The van der Waals surface area contributed by atoms with Crippen molar-refractivity contribution >= 4 is 10.2 Å². The SMILES string of the molecule is Cc1ccccc1CNS(=O)(=O)N1CCCCC1CO. The van der Waals surface area contributed by atoms with E-state index in [9.17, 15) is 13.5 Å². The molecule has 0 spiro atoms. The number of aryl methyl sites for hydroxylation is 1. The number of rotatable bonds is 5. The van der Waals surface area contributed by atoms with Crippen LogP contribution in [0.3, 0.4) is 0 Å². The van der Waals surface area contributed by atoms with Gasteiger partial charge in [-0.2, -0.15) is 17.4 Å². The summed E-state index contributed by atoms with van der Waals surface area (Å²) in [4.78, 5) is 0. The summed E-state index contributed by atoms with van der Waals surface area (Å²) >= 11 is 0. The number of hydrogen-bond acceptors (Lipinski definition) is 3. The van der Waals surface area contributed by atoms with Crippen LogP contribution in [0.5, 0.6) is 0 Å². The molecule has 5 nitrogen and oxygen atoms in total. The highest BCUT2D eigenvalue weighted by atomic mass is 32.2. The zero-order chi connectivity index (χ0) is 14.6. The van der Waals surface area contributed by atoms with Crippen molar-refractivity contribution < 1.29 is 13.5 Å². The summed E-state index contributed by atoms with van der Waals surface area (Å²) in [7, 11) is -3.54. The minimum atomic E-state index is -3.54. The molecule has 1 fully saturated rings. The van der Waals surface area contributed by atoms with Crippen LogP contribution >= 0.6 is 0 Å². The molecule has 0 aliphatic carbocycles. The van der Waals surface area contributed by atoms with Gasteiger partial charge in [0.25, 0.3) is 10.2 Å². The summed E-state index contributed by atoms with van der Waals surface area (Å²) in [6.07, 6.45) is 2.54. The van der Waals surface area contributed by atoms with Crippen LogP contribution in [0, 0.1) is 6.92 Å². The normalized spacial score (nSPS) is 21.0. The number of nitrogens with zero attached hydrogens (tertiary/aromatic N) is 1. The van der Waals surface area contributed by atoms with Crippen LogP contribution in [-0.4, -0.2) is 37.0 Å². The monoisotopic (exact) mass is 298 g/mol. The van der Waals surface area contributed by atoms with Gasteiger partial charge in [-0.1, -0.05) is 30.7 Å². The molecule has 20 heavy (non-hydrogen) atoms. The molecule has 1 atom stereocenters. The van der Waals surface area contributed by atoms with Crippen molar-refractivity contribution in [2.75, 3.05) is 13.2 Å². The first kappa shape index (κ1) is 15.4. The first-order valence-corrected chi connectivity index (χ1v) is 8.40. The summed E-state index contributed by atoms with van der Waals surface area (Å²) in [6.45, 7) is 2.60. The van der Waals surface area contributed by atoms with Crippen molar-refractivity contribution in [2.24, 2.45) is 0 Å². The van der Waals surface area contributed by atoms with Crippen molar-refractivity contribution in [3.8, 4) is 0 Å². The maximum Gasteiger partial charge on any atom is 0.280 e. The van der Waals surface area contributed by atoms with E-state index in [0.717, 1.165) is 30.4 Å². The highest BCUT2D eigenvalue weighted by molar-refractivity contribution is 7.87. The zero-order valence-corrected chi connectivity index (χ0v) is 12.6. The number of piperidine rings is 1. The average Bonchev–Trinajstić information content (AvgIpc) is 2.46. The topological polar surface area (TPSA) is 69.6 Å². The van der Waals surface area contributed by atoms with Crippen molar-refractivity contribution in [1.29, 1.82) is 0 Å². The molecule has 112 valence electrons. The molecule has 1 saturated heterocycles. The number of hydrogen-bond donors (Lipinski definition) is 2. The van der Waals surface area contributed by atoms with E-state index in [1.807, 2.05) is 31.2 Å². The van der Waals surface area contributed by atoms with Crippen LogP contribution in [0.25, 0.3) is 0 Å². The van der Waals surface area contributed by atoms with Crippen LogP contribution in [-0.2, 0) is 16.8 Å². The molecule has 0 aromatic heterocycles. The third-order valence-corrected chi connectivity index (χ3v) is 5.41. The molecular formula is C14H22N2O3S. The van der Waals surface area contributed by atoms with Crippen LogP contribution in [0.4, 0.5) is 0 Å². The van der Waals surface area contributed by atoms with Gasteiger partial charge in [-0.15, -0.1) is 0 Å². The lowest BCUT2D eigenvalue weighted by molar-refractivity contribution is 0.154. The van der Waals surface area contributed by atoms with E-state index in [2.05, 4.69) is 4.72 Å². The maximum atomic E-state index is 12.3. The number of aliphatic hydroxyl groups excluding tert-OH is 1. The molecule has 1 aromatic rings. The molecular weight excluding hydrogens is 276 g/mol. The fraction of sp³-hybridized carbons (Fsp3) is 0.571. The van der Waals surface area contributed by atoms with E-state index in [-0.39, 0.29) is 19.2 Å². The molecule has 2 N–H and O–H groups in total. The van der Waals surface area contributed by atoms with Gasteiger partial charge in [-0.3, -0.25) is 0 Å². The van der Waals surface area contributed by atoms with Crippen LogP contribution in [0.2, 0.25) is 0 Å². The molecule has 1 aromatic carbocycles. The van der Waals surface area contributed by atoms with Gasteiger partial charge in [0.05, 0.1) is 6.61 Å². The quantitative estimate of drug-likeness (QED) is 0.857. The van der Waals surface area contributed by atoms with E-state index in [0.29, 0.717) is 6.54 Å². The second-order valence-electron chi connectivity index (χ2n) is 5.20. The number of benzene rings is 1. The Balaban J connectivity index is 2.05. The van der Waals surface area contributed by atoms with E-state index >= 15 is 0 Å². The third-order valence-electron chi connectivity index (χ3n) is 3.80. The van der Waals surface area contributed by atoms with Crippen LogP contribution in [0.15, 0.2) is 24.3 Å². The van der Waals surface area contributed by atoms with Gasteiger partial charge < -0.3 is 5.11 Å². The minimum absolute atomic E-state index is 0.120. The van der Waals surface area contributed by atoms with E-state index in [4.69, 9.17) is 0 Å². The number of aliphatic hydroxyl groups is 1. The Bertz CT molecular complexity index is 545. The molecule has 1 unspecified atom stereocenters. The Labute approximate surface area is 120 Å². The predicted molar refractivity (Wildman–Crippen MR) is 78.4 cm³/mol. The summed E-state index contributed by atoms with van der Waals surface area (Å²) < 4.78 is 28.7. The second-order valence-corrected chi connectivity index (χ2v) is 6.90. The lowest BCUT2D eigenvalue weighted by Crippen LogP contribution is -2.50. The fourth-order valence-corrected chi connectivity index (χ4v) is 3.97. The first-order chi connectivity index (χ1) is 9.54. The summed E-state index contributed by atoms with van der Waals surface area (Å²) in [5, 5.41) is 9.32. The van der Waals surface area contributed by atoms with Crippen molar-refractivity contribution in [2.45, 2.75) is 38.8 Å². The average molecular weight is 298 g/mol. The molecule has 1 heterocycles. The summed E-state index contributed by atoms with van der Waals surface area (Å²) in [5.74, 6) is 0. The van der Waals surface area contributed by atoms with Gasteiger partial charge in [0, 0.05) is 19.1 Å². The van der Waals surface area contributed by atoms with Gasteiger partial charge in [0.1, 0.15) is 0 Å². The van der Waals surface area contributed by atoms with Crippen LogP contribution in [0.1, 0.15) is 30.4 Å². The molecule has 2 rings (SSSR count).